The fourth-order valence-electron chi connectivity index (χ4n) is 3.19. The first kappa shape index (κ1) is 20.2. The van der Waals surface area contributed by atoms with Gasteiger partial charge in [0.25, 0.3) is 5.91 Å². The zero-order valence-corrected chi connectivity index (χ0v) is 17.2. The summed E-state index contributed by atoms with van der Waals surface area (Å²) in [6.07, 6.45) is 0. The maximum Gasteiger partial charge on any atom is 0.255 e. The van der Waals surface area contributed by atoms with Crippen molar-refractivity contribution in [3.05, 3.63) is 88.6 Å². The third-order valence-electron chi connectivity index (χ3n) is 4.79. The Labute approximate surface area is 179 Å². The van der Waals surface area contributed by atoms with Crippen LogP contribution in [0, 0.1) is 0 Å². The summed E-state index contributed by atoms with van der Waals surface area (Å²) < 4.78 is 16.5. The van der Waals surface area contributed by atoms with E-state index in [4.69, 9.17) is 13.9 Å². The highest BCUT2D eigenvalue weighted by atomic mass is 16.5. The monoisotopic (exact) mass is 415 g/mol. The van der Waals surface area contributed by atoms with Crippen molar-refractivity contribution >= 4 is 22.6 Å². The van der Waals surface area contributed by atoms with E-state index in [0.29, 0.717) is 40.3 Å². The summed E-state index contributed by atoms with van der Waals surface area (Å²) in [6, 6.07) is 20.6. The molecule has 6 heteroatoms. The molecule has 3 aromatic carbocycles. The number of amides is 1. The minimum absolute atomic E-state index is 0.150. The summed E-state index contributed by atoms with van der Waals surface area (Å²) in [5, 5.41) is 3.32. The molecule has 0 aliphatic heterocycles. The first-order valence-corrected chi connectivity index (χ1v) is 9.84. The van der Waals surface area contributed by atoms with Crippen LogP contribution < -0.4 is 20.2 Å². The molecule has 1 aromatic heterocycles. The molecule has 0 saturated carbocycles. The molecule has 156 valence electrons. The predicted molar refractivity (Wildman–Crippen MR) is 120 cm³/mol. The van der Waals surface area contributed by atoms with E-state index in [2.05, 4.69) is 5.32 Å². The van der Waals surface area contributed by atoms with Gasteiger partial charge in [0.15, 0.2) is 5.43 Å². The van der Waals surface area contributed by atoms with Crippen LogP contribution in [0.15, 0.2) is 82.0 Å². The maximum absolute atomic E-state index is 12.5. The van der Waals surface area contributed by atoms with Gasteiger partial charge in [0.05, 0.1) is 19.1 Å². The van der Waals surface area contributed by atoms with Gasteiger partial charge in [-0.2, -0.15) is 0 Å². The number of carbonyl (C=O) groups excluding carboxylic acids is 1. The zero-order valence-electron chi connectivity index (χ0n) is 17.2. The largest absolute Gasteiger partial charge is 0.497 e. The molecule has 0 aliphatic rings. The van der Waals surface area contributed by atoms with Crippen LogP contribution in [0.25, 0.3) is 22.3 Å². The molecule has 0 aliphatic carbocycles. The molecular weight excluding hydrogens is 394 g/mol. The molecule has 31 heavy (non-hydrogen) atoms. The van der Waals surface area contributed by atoms with Gasteiger partial charge in [-0.15, -0.1) is 0 Å². The Morgan fingerprint density at radius 3 is 2.32 bits per heavy atom. The molecule has 0 saturated heterocycles. The van der Waals surface area contributed by atoms with Crippen LogP contribution in [0.2, 0.25) is 0 Å². The lowest BCUT2D eigenvalue weighted by atomic mass is 10.1. The van der Waals surface area contributed by atoms with Crippen LogP contribution in [0.1, 0.15) is 17.3 Å². The Kier molecular flexibility index (Phi) is 5.71. The van der Waals surface area contributed by atoms with Crippen LogP contribution in [0.5, 0.6) is 11.5 Å². The van der Waals surface area contributed by atoms with Gasteiger partial charge in [-0.1, -0.05) is 0 Å². The van der Waals surface area contributed by atoms with E-state index in [1.807, 2.05) is 6.92 Å². The van der Waals surface area contributed by atoms with Gasteiger partial charge in [-0.05, 0) is 73.7 Å². The number of benzene rings is 3. The predicted octanol–water partition coefficient (Wildman–Crippen LogP) is 5.12. The first-order valence-electron chi connectivity index (χ1n) is 9.84. The Morgan fingerprint density at radius 1 is 0.935 bits per heavy atom. The smallest absolute Gasteiger partial charge is 0.255 e. The Bertz CT molecular complexity index is 1270. The van der Waals surface area contributed by atoms with Crippen molar-refractivity contribution in [1.29, 1.82) is 0 Å². The van der Waals surface area contributed by atoms with Crippen LogP contribution in [0.4, 0.5) is 5.69 Å². The number of rotatable bonds is 6. The number of fused-ring (bicyclic) bond motifs is 1. The quantitative estimate of drug-likeness (QED) is 0.473. The number of anilines is 1. The highest BCUT2D eigenvalue weighted by Gasteiger charge is 2.10. The molecule has 4 aromatic rings. The van der Waals surface area contributed by atoms with Crippen molar-refractivity contribution in [2.45, 2.75) is 6.92 Å². The van der Waals surface area contributed by atoms with Crippen molar-refractivity contribution in [3.8, 4) is 22.8 Å². The van der Waals surface area contributed by atoms with Gasteiger partial charge >= 0.3 is 0 Å². The first-order chi connectivity index (χ1) is 15.1. The lowest BCUT2D eigenvalue weighted by Gasteiger charge is -2.08. The number of ether oxygens (including phenoxy) is 2. The highest BCUT2D eigenvalue weighted by Crippen LogP contribution is 2.26. The second kappa shape index (κ2) is 8.75. The van der Waals surface area contributed by atoms with E-state index < -0.39 is 0 Å². The van der Waals surface area contributed by atoms with Crippen molar-refractivity contribution < 1.29 is 18.7 Å². The number of nitrogens with one attached hydrogen (secondary N) is 1. The molecule has 1 N–H and O–H groups in total. The molecule has 0 bridgehead atoms. The summed E-state index contributed by atoms with van der Waals surface area (Å²) in [5.74, 6) is 1.55. The SMILES string of the molecule is CCOc1ccc(C(=O)Nc2ccc(-c3cc(=O)c4cc(OC)ccc4o3)cc2)cc1. The third kappa shape index (κ3) is 4.43. The lowest BCUT2D eigenvalue weighted by molar-refractivity contribution is 0.102. The summed E-state index contributed by atoms with van der Waals surface area (Å²) >= 11 is 0. The van der Waals surface area contributed by atoms with Gasteiger partial charge in [-0.25, -0.2) is 0 Å². The van der Waals surface area contributed by atoms with Crippen LogP contribution in [-0.2, 0) is 0 Å². The maximum atomic E-state index is 12.5. The van der Waals surface area contributed by atoms with Crippen LogP contribution in [0.3, 0.4) is 0 Å². The summed E-state index contributed by atoms with van der Waals surface area (Å²) in [4.78, 5) is 25.0. The van der Waals surface area contributed by atoms with E-state index in [1.54, 1.807) is 73.8 Å². The van der Waals surface area contributed by atoms with Crippen LogP contribution in [-0.4, -0.2) is 19.6 Å². The zero-order chi connectivity index (χ0) is 21.8. The average Bonchev–Trinajstić information content (AvgIpc) is 2.80. The Hall–Kier alpha value is -4.06. The fourth-order valence-corrected chi connectivity index (χ4v) is 3.19. The van der Waals surface area contributed by atoms with Crippen molar-refractivity contribution in [2.24, 2.45) is 0 Å². The van der Waals surface area contributed by atoms with Gasteiger partial charge in [0, 0.05) is 22.9 Å². The van der Waals surface area contributed by atoms with Crippen LogP contribution >= 0.6 is 0 Å². The molecule has 0 atom stereocenters. The summed E-state index contributed by atoms with van der Waals surface area (Å²) in [7, 11) is 1.55. The van der Waals surface area contributed by atoms with E-state index in [9.17, 15) is 9.59 Å². The molecule has 1 heterocycles. The second-order valence-corrected chi connectivity index (χ2v) is 6.83. The normalized spacial score (nSPS) is 10.6. The summed E-state index contributed by atoms with van der Waals surface area (Å²) in [5.41, 5.74) is 2.23. The highest BCUT2D eigenvalue weighted by molar-refractivity contribution is 6.04. The standard InChI is InChI=1S/C25H21NO5/c1-3-30-19-10-6-17(7-11-19)25(28)26-18-8-4-16(5-9-18)24-15-22(27)21-14-20(29-2)12-13-23(21)31-24/h4-15H,3H2,1-2H3,(H,26,28). The molecule has 1 amide bonds. The average molecular weight is 415 g/mol. The number of hydrogen-bond donors (Lipinski definition) is 1. The minimum atomic E-state index is -0.220. The molecule has 0 radical (unpaired) electrons. The molecule has 4 rings (SSSR count). The molecule has 0 unspecified atom stereocenters. The van der Waals surface area contributed by atoms with Crippen molar-refractivity contribution in [1.82, 2.24) is 0 Å². The van der Waals surface area contributed by atoms with E-state index >= 15 is 0 Å². The topological polar surface area (TPSA) is 77.8 Å². The molecule has 0 fully saturated rings. The third-order valence-corrected chi connectivity index (χ3v) is 4.79. The lowest BCUT2D eigenvalue weighted by Crippen LogP contribution is -2.11. The molecule has 6 nitrogen and oxygen atoms in total. The minimum Gasteiger partial charge on any atom is -0.497 e. The number of hydrogen-bond acceptors (Lipinski definition) is 5. The second-order valence-electron chi connectivity index (χ2n) is 6.83. The van der Waals surface area contributed by atoms with E-state index in [0.717, 1.165) is 11.3 Å². The number of methoxy groups -OCH3 is 1. The Balaban J connectivity index is 1.52. The Morgan fingerprint density at radius 2 is 1.65 bits per heavy atom. The van der Waals surface area contributed by atoms with Crippen molar-refractivity contribution in [2.75, 3.05) is 19.0 Å². The summed E-state index contributed by atoms with van der Waals surface area (Å²) in [6.45, 7) is 2.48. The van der Waals surface area contributed by atoms with Gasteiger partial charge in [0.2, 0.25) is 0 Å². The van der Waals surface area contributed by atoms with E-state index in [1.165, 1.54) is 6.07 Å². The van der Waals surface area contributed by atoms with Gasteiger partial charge in [-0.3, -0.25) is 9.59 Å². The van der Waals surface area contributed by atoms with Crippen molar-refractivity contribution in [3.63, 3.8) is 0 Å². The number of carbonyl (C=O) groups is 1. The fraction of sp³-hybridized carbons (Fsp3) is 0.120. The van der Waals surface area contributed by atoms with Gasteiger partial charge in [0.1, 0.15) is 22.8 Å². The van der Waals surface area contributed by atoms with E-state index in [-0.39, 0.29) is 11.3 Å². The molecule has 0 spiro atoms. The molecular formula is C25H21NO5. The van der Waals surface area contributed by atoms with Gasteiger partial charge < -0.3 is 19.2 Å².